The summed E-state index contributed by atoms with van der Waals surface area (Å²) in [5, 5.41) is 0.844. The summed E-state index contributed by atoms with van der Waals surface area (Å²) in [7, 11) is 0. The molecule has 11 heavy (non-hydrogen) atoms. The van der Waals surface area contributed by atoms with Crippen LogP contribution in [0.4, 0.5) is 0 Å². The maximum Gasteiger partial charge on any atom is 0 e. The Morgan fingerprint density at radius 3 is 3.00 bits per heavy atom. The Morgan fingerprint density at radius 1 is 1.36 bits per heavy atom. The summed E-state index contributed by atoms with van der Waals surface area (Å²) in [5.74, 6) is 0. The molecule has 0 N–H and O–H groups in total. The van der Waals surface area contributed by atoms with Crippen molar-refractivity contribution in [1.82, 2.24) is 0 Å². The van der Waals surface area contributed by atoms with Gasteiger partial charge in [-0.25, -0.2) is 0 Å². The second-order valence-corrected chi connectivity index (χ2v) is 3.02. The summed E-state index contributed by atoms with van der Waals surface area (Å²) < 4.78 is 0. The summed E-state index contributed by atoms with van der Waals surface area (Å²) in [4.78, 5) is 0. The quantitative estimate of drug-likeness (QED) is 0.639. The Hall–Kier alpha value is 0.0423. The van der Waals surface area contributed by atoms with Gasteiger partial charge in [0, 0.05) is 20.4 Å². The van der Waals surface area contributed by atoms with Crippen molar-refractivity contribution in [3.05, 3.63) is 40.8 Å². The molecular weight excluding hydrogens is 330 g/mol. The topological polar surface area (TPSA) is 0 Å². The molecule has 2 rings (SSSR count). The van der Waals surface area contributed by atoms with E-state index < -0.39 is 0 Å². The molecular formula is C9H8ClRe-. The van der Waals surface area contributed by atoms with E-state index >= 15 is 0 Å². The van der Waals surface area contributed by atoms with E-state index in [4.69, 9.17) is 11.6 Å². The van der Waals surface area contributed by atoms with Crippen molar-refractivity contribution in [2.45, 2.75) is 12.8 Å². The smallest absolute Gasteiger partial charge is 0 e. The van der Waals surface area contributed by atoms with E-state index in [-0.39, 0.29) is 20.4 Å². The molecule has 1 aliphatic rings. The molecule has 0 bridgehead atoms. The van der Waals surface area contributed by atoms with Crippen LogP contribution in [0.1, 0.15) is 17.5 Å². The Morgan fingerprint density at radius 2 is 2.18 bits per heavy atom. The molecule has 1 aliphatic carbocycles. The zero-order valence-corrected chi connectivity index (χ0v) is 9.45. The van der Waals surface area contributed by atoms with Crippen molar-refractivity contribution in [3.8, 4) is 0 Å². The van der Waals surface area contributed by atoms with Crippen LogP contribution >= 0.6 is 11.6 Å². The zero-order chi connectivity index (χ0) is 6.97. The summed E-state index contributed by atoms with van der Waals surface area (Å²) in [6.45, 7) is 0. The van der Waals surface area contributed by atoms with Crippen molar-refractivity contribution in [3.63, 3.8) is 0 Å². The molecule has 0 fully saturated rings. The average molecular weight is 338 g/mol. The third-order valence-corrected chi connectivity index (χ3v) is 2.12. The number of halogens is 1. The standard InChI is InChI=1S/C9H8Cl.Re/c10-9-5-4-7-2-1-3-8(7)6-9;/h3-6H,1-2H2;/q-1;. The van der Waals surface area contributed by atoms with Gasteiger partial charge in [-0.05, 0) is 5.02 Å². The van der Waals surface area contributed by atoms with Crippen LogP contribution in [-0.2, 0) is 26.8 Å². The molecule has 0 atom stereocenters. The van der Waals surface area contributed by atoms with Gasteiger partial charge in [0.2, 0.25) is 0 Å². The van der Waals surface area contributed by atoms with Crippen molar-refractivity contribution in [2.75, 3.05) is 0 Å². The molecule has 0 nitrogen and oxygen atoms in total. The van der Waals surface area contributed by atoms with Gasteiger partial charge in [-0.15, -0.1) is 17.7 Å². The largest absolute Gasteiger partial charge is 0.187 e. The molecule has 0 aromatic heterocycles. The molecule has 1 aromatic rings. The van der Waals surface area contributed by atoms with E-state index in [0.29, 0.717) is 0 Å². The monoisotopic (exact) mass is 338 g/mol. The van der Waals surface area contributed by atoms with Crippen LogP contribution in [-0.4, -0.2) is 0 Å². The molecule has 0 spiro atoms. The van der Waals surface area contributed by atoms with Crippen molar-refractivity contribution < 1.29 is 20.4 Å². The molecule has 0 saturated heterocycles. The third kappa shape index (κ3) is 1.79. The fraction of sp³-hybridized carbons (Fsp3) is 0.222. The van der Waals surface area contributed by atoms with E-state index in [1.165, 1.54) is 24.0 Å². The van der Waals surface area contributed by atoms with Crippen LogP contribution in [0.15, 0.2) is 18.2 Å². The first-order valence-electron chi connectivity index (χ1n) is 3.48. The maximum atomic E-state index is 5.80. The number of benzene rings is 1. The molecule has 0 heterocycles. The fourth-order valence-corrected chi connectivity index (χ4v) is 1.55. The molecule has 1 aromatic carbocycles. The molecule has 0 saturated carbocycles. The first-order chi connectivity index (χ1) is 4.86. The number of fused-ring (bicyclic) bond motifs is 1. The minimum atomic E-state index is 0. The van der Waals surface area contributed by atoms with Crippen LogP contribution in [0, 0.1) is 6.42 Å². The Balaban J connectivity index is 0.000000605. The van der Waals surface area contributed by atoms with E-state index in [9.17, 15) is 0 Å². The van der Waals surface area contributed by atoms with Crippen LogP contribution in [0.25, 0.3) is 0 Å². The Labute approximate surface area is 85.6 Å². The van der Waals surface area contributed by atoms with Gasteiger partial charge in [0.1, 0.15) is 0 Å². The second kappa shape index (κ2) is 3.63. The molecule has 0 unspecified atom stereocenters. The maximum absolute atomic E-state index is 5.80. The SMILES string of the molecule is Clc1ccc2c(c1)[CH-]CC2.[Re]. The second-order valence-electron chi connectivity index (χ2n) is 2.59. The van der Waals surface area contributed by atoms with Crippen molar-refractivity contribution >= 4 is 11.6 Å². The number of hydrogen-bond acceptors (Lipinski definition) is 0. The Bertz CT molecular complexity index is 258. The number of hydrogen-bond donors (Lipinski definition) is 0. The van der Waals surface area contributed by atoms with Gasteiger partial charge in [0.15, 0.2) is 0 Å². The predicted molar refractivity (Wildman–Crippen MR) is 43.2 cm³/mol. The summed E-state index contributed by atoms with van der Waals surface area (Å²) in [6, 6.07) is 6.10. The summed E-state index contributed by atoms with van der Waals surface area (Å²) in [6.07, 6.45) is 4.60. The fourth-order valence-electron chi connectivity index (χ4n) is 1.37. The van der Waals surface area contributed by atoms with Crippen LogP contribution in [0.3, 0.4) is 0 Å². The van der Waals surface area contributed by atoms with E-state index in [2.05, 4.69) is 12.5 Å². The first-order valence-corrected chi connectivity index (χ1v) is 3.86. The molecule has 0 aliphatic heterocycles. The predicted octanol–water partition coefficient (Wildman–Crippen LogP) is 2.84. The first kappa shape index (κ1) is 9.13. The van der Waals surface area contributed by atoms with Crippen LogP contribution < -0.4 is 0 Å². The molecule has 1 radical (unpaired) electrons. The summed E-state index contributed by atoms with van der Waals surface area (Å²) in [5.41, 5.74) is 2.76. The van der Waals surface area contributed by atoms with Crippen molar-refractivity contribution in [2.24, 2.45) is 0 Å². The van der Waals surface area contributed by atoms with Gasteiger partial charge in [-0.3, -0.25) is 0 Å². The number of aryl methyl sites for hydroxylation is 1. The zero-order valence-electron chi connectivity index (χ0n) is 5.98. The average Bonchev–Trinajstić information content (AvgIpc) is 2.33. The third-order valence-electron chi connectivity index (χ3n) is 1.89. The normalized spacial score (nSPS) is 13.2. The summed E-state index contributed by atoms with van der Waals surface area (Å²) >= 11 is 5.80. The van der Waals surface area contributed by atoms with Gasteiger partial charge >= 0.3 is 0 Å². The van der Waals surface area contributed by atoms with Gasteiger partial charge in [0.05, 0.1) is 0 Å². The molecule has 0 amide bonds. The molecule has 59 valence electrons. The molecule has 2 heteroatoms. The minimum Gasteiger partial charge on any atom is -0.187 e. The van der Waals surface area contributed by atoms with E-state index in [1.807, 2.05) is 12.1 Å². The van der Waals surface area contributed by atoms with Crippen LogP contribution in [0.2, 0.25) is 5.02 Å². The van der Waals surface area contributed by atoms with E-state index in [1.54, 1.807) is 0 Å². The Kier molecular flexibility index (Phi) is 3.01. The van der Waals surface area contributed by atoms with Gasteiger partial charge in [-0.2, -0.15) is 12.0 Å². The van der Waals surface area contributed by atoms with Gasteiger partial charge in [-0.1, -0.05) is 30.5 Å². The van der Waals surface area contributed by atoms with Crippen LogP contribution in [0.5, 0.6) is 0 Å². The minimum absolute atomic E-state index is 0. The van der Waals surface area contributed by atoms with Crippen molar-refractivity contribution in [1.29, 1.82) is 0 Å². The van der Waals surface area contributed by atoms with Gasteiger partial charge < -0.3 is 0 Å². The number of rotatable bonds is 0. The van der Waals surface area contributed by atoms with E-state index in [0.717, 1.165) is 5.02 Å². The van der Waals surface area contributed by atoms with Gasteiger partial charge in [0.25, 0.3) is 0 Å².